The highest BCUT2D eigenvalue weighted by molar-refractivity contribution is 5.59. The van der Waals surface area contributed by atoms with Crippen molar-refractivity contribution >= 4 is 0 Å². The van der Waals surface area contributed by atoms with Gasteiger partial charge in [-0.1, -0.05) is 29.8 Å². The predicted octanol–water partition coefficient (Wildman–Crippen LogP) is 2.45. The minimum Gasteiger partial charge on any atom is -0.385 e. The lowest BCUT2D eigenvalue weighted by atomic mass is 10.1. The summed E-state index contributed by atoms with van der Waals surface area (Å²) >= 11 is 0. The van der Waals surface area contributed by atoms with Crippen molar-refractivity contribution in [3.8, 4) is 11.3 Å². The van der Waals surface area contributed by atoms with Crippen molar-refractivity contribution in [3.63, 3.8) is 0 Å². The van der Waals surface area contributed by atoms with E-state index in [0.29, 0.717) is 5.82 Å². The van der Waals surface area contributed by atoms with E-state index in [4.69, 9.17) is 0 Å². The van der Waals surface area contributed by atoms with Crippen LogP contribution in [0.1, 0.15) is 24.4 Å². The molecule has 0 radical (unpaired) electrons. The van der Waals surface area contributed by atoms with Crippen LogP contribution in [-0.2, 0) is 7.05 Å². The molecule has 1 atom stereocenters. The number of imidazole rings is 1. The first-order valence-corrected chi connectivity index (χ1v) is 5.36. The Hall–Kier alpha value is -1.61. The molecular formula is C13H16N2O. The highest BCUT2D eigenvalue weighted by Crippen LogP contribution is 2.21. The van der Waals surface area contributed by atoms with Crippen LogP contribution < -0.4 is 0 Å². The largest absolute Gasteiger partial charge is 0.385 e. The summed E-state index contributed by atoms with van der Waals surface area (Å²) < 4.78 is 1.86. The number of aromatic nitrogens is 2. The highest BCUT2D eigenvalue weighted by Gasteiger charge is 2.10. The smallest absolute Gasteiger partial charge is 0.137 e. The SMILES string of the molecule is Cc1ccc(-c2cn(C)c(C(C)O)n2)cc1. The second kappa shape index (κ2) is 4.10. The van der Waals surface area contributed by atoms with Crippen molar-refractivity contribution in [2.75, 3.05) is 0 Å². The van der Waals surface area contributed by atoms with Crippen molar-refractivity contribution in [2.45, 2.75) is 20.0 Å². The third-order valence-electron chi connectivity index (χ3n) is 2.63. The van der Waals surface area contributed by atoms with E-state index in [1.165, 1.54) is 5.56 Å². The predicted molar refractivity (Wildman–Crippen MR) is 64.0 cm³/mol. The van der Waals surface area contributed by atoms with Gasteiger partial charge in [-0.2, -0.15) is 0 Å². The Labute approximate surface area is 95.4 Å². The molecule has 0 amide bonds. The van der Waals surface area contributed by atoms with Gasteiger partial charge < -0.3 is 9.67 Å². The molecule has 84 valence electrons. The molecule has 0 spiro atoms. The van der Waals surface area contributed by atoms with Crippen molar-refractivity contribution in [1.82, 2.24) is 9.55 Å². The molecule has 1 unspecified atom stereocenters. The van der Waals surface area contributed by atoms with Crippen molar-refractivity contribution < 1.29 is 5.11 Å². The first-order chi connectivity index (χ1) is 7.58. The third-order valence-corrected chi connectivity index (χ3v) is 2.63. The first-order valence-electron chi connectivity index (χ1n) is 5.36. The Bertz CT molecular complexity index is 483. The molecular weight excluding hydrogens is 200 g/mol. The first kappa shape index (κ1) is 10.9. The van der Waals surface area contributed by atoms with Gasteiger partial charge in [0.1, 0.15) is 11.9 Å². The molecule has 3 nitrogen and oxygen atoms in total. The van der Waals surface area contributed by atoms with Crippen LogP contribution >= 0.6 is 0 Å². The molecule has 0 aliphatic carbocycles. The quantitative estimate of drug-likeness (QED) is 0.837. The molecule has 1 aromatic carbocycles. The zero-order chi connectivity index (χ0) is 11.7. The molecule has 2 rings (SSSR count). The summed E-state index contributed by atoms with van der Waals surface area (Å²) in [6.07, 6.45) is 1.40. The van der Waals surface area contributed by atoms with Gasteiger partial charge >= 0.3 is 0 Å². The van der Waals surface area contributed by atoms with E-state index in [1.54, 1.807) is 6.92 Å². The molecule has 0 aliphatic rings. The summed E-state index contributed by atoms with van der Waals surface area (Å²) in [5.74, 6) is 0.690. The molecule has 3 heteroatoms. The van der Waals surface area contributed by atoms with Crippen molar-refractivity contribution in [1.29, 1.82) is 0 Å². The van der Waals surface area contributed by atoms with Gasteiger partial charge in [-0.15, -0.1) is 0 Å². The number of hydrogen-bond acceptors (Lipinski definition) is 2. The second-order valence-electron chi connectivity index (χ2n) is 4.14. The minimum absolute atomic E-state index is 0.538. The molecule has 0 aliphatic heterocycles. The Kier molecular flexibility index (Phi) is 2.79. The van der Waals surface area contributed by atoms with E-state index in [1.807, 2.05) is 29.9 Å². The van der Waals surface area contributed by atoms with Crippen LogP contribution in [0.2, 0.25) is 0 Å². The van der Waals surface area contributed by atoms with E-state index in [2.05, 4.69) is 24.0 Å². The molecule has 1 aromatic heterocycles. The number of aliphatic hydroxyl groups excluding tert-OH is 1. The standard InChI is InChI=1S/C13H16N2O/c1-9-4-6-11(7-5-9)12-8-15(3)13(14-12)10(2)16/h4-8,10,16H,1-3H3. The number of nitrogens with zero attached hydrogens (tertiary/aromatic N) is 2. The maximum atomic E-state index is 9.53. The van der Waals surface area contributed by atoms with E-state index in [0.717, 1.165) is 11.3 Å². The molecule has 0 saturated carbocycles. The van der Waals surface area contributed by atoms with Gasteiger partial charge in [-0.3, -0.25) is 0 Å². The normalized spacial score (nSPS) is 12.8. The monoisotopic (exact) mass is 216 g/mol. The number of aryl methyl sites for hydroxylation is 2. The fourth-order valence-corrected chi connectivity index (χ4v) is 1.73. The van der Waals surface area contributed by atoms with E-state index >= 15 is 0 Å². The molecule has 16 heavy (non-hydrogen) atoms. The Morgan fingerprint density at radius 2 is 1.88 bits per heavy atom. The lowest BCUT2D eigenvalue weighted by molar-refractivity contribution is 0.185. The average molecular weight is 216 g/mol. The molecule has 0 bridgehead atoms. The molecule has 1 heterocycles. The van der Waals surface area contributed by atoms with Gasteiger partial charge in [-0.25, -0.2) is 4.98 Å². The molecule has 2 aromatic rings. The number of hydrogen-bond donors (Lipinski definition) is 1. The van der Waals surface area contributed by atoms with Crippen LogP contribution in [0.15, 0.2) is 30.5 Å². The Morgan fingerprint density at radius 1 is 1.25 bits per heavy atom. The minimum atomic E-state index is -0.538. The zero-order valence-electron chi connectivity index (χ0n) is 9.81. The van der Waals surface area contributed by atoms with Crippen LogP contribution in [0.3, 0.4) is 0 Å². The maximum Gasteiger partial charge on any atom is 0.137 e. The summed E-state index contributed by atoms with van der Waals surface area (Å²) in [4.78, 5) is 4.42. The van der Waals surface area contributed by atoms with Gasteiger partial charge in [0.15, 0.2) is 0 Å². The lowest BCUT2D eigenvalue weighted by Gasteiger charge is -2.01. The van der Waals surface area contributed by atoms with Gasteiger partial charge in [0.25, 0.3) is 0 Å². The number of benzene rings is 1. The molecule has 1 N–H and O–H groups in total. The van der Waals surface area contributed by atoms with Crippen LogP contribution in [0.5, 0.6) is 0 Å². The third kappa shape index (κ3) is 1.99. The molecule has 0 fully saturated rings. The van der Waals surface area contributed by atoms with Gasteiger partial charge in [0.05, 0.1) is 5.69 Å². The van der Waals surface area contributed by atoms with E-state index in [-0.39, 0.29) is 0 Å². The zero-order valence-corrected chi connectivity index (χ0v) is 9.81. The number of rotatable bonds is 2. The van der Waals surface area contributed by atoms with E-state index in [9.17, 15) is 5.11 Å². The second-order valence-corrected chi connectivity index (χ2v) is 4.14. The molecule has 0 saturated heterocycles. The van der Waals surface area contributed by atoms with Gasteiger partial charge in [0.2, 0.25) is 0 Å². The van der Waals surface area contributed by atoms with Gasteiger partial charge in [0, 0.05) is 18.8 Å². The topological polar surface area (TPSA) is 38.0 Å². The fraction of sp³-hybridized carbons (Fsp3) is 0.308. The van der Waals surface area contributed by atoms with E-state index < -0.39 is 6.10 Å². The van der Waals surface area contributed by atoms with Crippen LogP contribution in [0, 0.1) is 6.92 Å². The fourth-order valence-electron chi connectivity index (χ4n) is 1.73. The average Bonchev–Trinajstić information content (AvgIpc) is 2.61. The van der Waals surface area contributed by atoms with Crippen LogP contribution in [0.25, 0.3) is 11.3 Å². The van der Waals surface area contributed by atoms with Crippen molar-refractivity contribution in [3.05, 3.63) is 41.9 Å². The van der Waals surface area contributed by atoms with Crippen molar-refractivity contribution in [2.24, 2.45) is 7.05 Å². The summed E-state index contributed by atoms with van der Waals surface area (Å²) in [5, 5.41) is 9.53. The highest BCUT2D eigenvalue weighted by atomic mass is 16.3. The summed E-state index contributed by atoms with van der Waals surface area (Å²) in [5.41, 5.74) is 3.21. The summed E-state index contributed by atoms with van der Waals surface area (Å²) in [6.45, 7) is 3.78. The Morgan fingerprint density at radius 3 is 2.38 bits per heavy atom. The van der Waals surface area contributed by atoms with Crippen LogP contribution in [-0.4, -0.2) is 14.7 Å². The number of aliphatic hydroxyl groups is 1. The Balaban J connectivity index is 2.41. The summed E-state index contributed by atoms with van der Waals surface area (Å²) in [6, 6.07) is 8.21. The lowest BCUT2D eigenvalue weighted by Crippen LogP contribution is -2.00. The van der Waals surface area contributed by atoms with Crippen LogP contribution in [0.4, 0.5) is 0 Å². The van der Waals surface area contributed by atoms with Gasteiger partial charge in [-0.05, 0) is 13.8 Å². The maximum absolute atomic E-state index is 9.53. The summed E-state index contributed by atoms with van der Waals surface area (Å²) in [7, 11) is 1.90.